The molecule has 5 rings (SSSR count). The Morgan fingerprint density at radius 3 is 2.78 bits per heavy atom. The summed E-state index contributed by atoms with van der Waals surface area (Å²) >= 11 is 0. The maximum absolute atomic E-state index is 12.6. The first-order chi connectivity index (χ1) is 12.6. The fraction of sp³-hybridized carbons (Fsp3) is 0.727. The molecule has 0 amide bonds. The Kier molecular flexibility index (Phi) is 3.29. The van der Waals surface area contributed by atoms with Gasteiger partial charge in [0.25, 0.3) is 0 Å². The summed E-state index contributed by atoms with van der Waals surface area (Å²) in [7, 11) is 0. The third kappa shape index (κ3) is 1.73. The molecule has 2 N–H and O–H groups in total. The minimum Gasteiger partial charge on any atom is -0.388 e. The highest BCUT2D eigenvalue weighted by Gasteiger charge is 2.81. The van der Waals surface area contributed by atoms with Crippen LogP contribution in [0.1, 0.15) is 46.5 Å². The third-order valence-electron chi connectivity index (χ3n) is 9.08. The minimum absolute atomic E-state index is 0.0291. The lowest BCUT2D eigenvalue weighted by Crippen LogP contribution is -2.62. The number of fused-ring (bicyclic) bond motifs is 3. The van der Waals surface area contributed by atoms with Crippen molar-refractivity contribution in [3.05, 3.63) is 23.8 Å². The molecular formula is C22H28O5. The number of Topliss-reactive ketones (excluding diaryl/α,β-unsaturated/α-hetero) is 1. The van der Waals surface area contributed by atoms with Crippen molar-refractivity contribution in [3.63, 3.8) is 0 Å². The molecule has 0 aromatic rings. The van der Waals surface area contributed by atoms with Gasteiger partial charge in [-0.1, -0.05) is 25.5 Å². The van der Waals surface area contributed by atoms with Gasteiger partial charge < -0.3 is 14.9 Å². The van der Waals surface area contributed by atoms with Crippen LogP contribution in [-0.4, -0.2) is 45.7 Å². The fourth-order valence-corrected chi connectivity index (χ4v) is 7.70. The second kappa shape index (κ2) is 5.00. The fourth-order valence-electron chi connectivity index (χ4n) is 7.70. The van der Waals surface area contributed by atoms with E-state index in [1.165, 1.54) is 0 Å². The number of hydrogen-bond acceptors (Lipinski definition) is 5. The van der Waals surface area contributed by atoms with Gasteiger partial charge in [0, 0.05) is 10.8 Å². The Balaban J connectivity index is 1.60. The van der Waals surface area contributed by atoms with Crippen molar-refractivity contribution < 1.29 is 24.5 Å². The van der Waals surface area contributed by atoms with Gasteiger partial charge in [-0.05, 0) is 62.5 Å². The molecule has 1 aliphatic heterocycles. The van der Waals surface area contributed by atoms with Gasteiger partial charge in [0.2, 0.25) is 0 Å². The molecule has 0 aromatic carbocycles. The van der Waals surface area contributed by atoms with Crippen molar-refractivity contribution in [2.24, 2.45) is 28.6 Å². The highest BCUT2D eigenvalue weighted by atomic mass is 16.6. The largest absolute Gasteiger partial charge is 0.388 e. The number of ketones is 2. The van der Waals surface area contributed by atoms with E-state index in [9.17, 15) is 19.8 Å². The van der Waals surface area contributed by atoms with Crippen molar-refractivity contribution in [2.45, 2.75) is 63.8 Å². The first-order valence-corrected chi connectivity index (χ1v) is 10.1. The molecule has 1 saturated heterocycles. The SMILES string of the molecule is C[C@@H]1C[C@@H]2[C@H]3CCC4=CC(=O)C=C[C@@]4(C)C34OC4C[C@@]2(C)[C@]1(O)C(=O)CO. The molecule has 0 aromatic heterocycles. The van der Waals surface area contributed by atoms with Crippen molar-refractivity contribution >= 4 is 11.6 Å². The maximum Gasteiger partial charge on any atom is 0.190 e. The van der Waals surface area contributed by atoms with Crippen LogP contribution in [0.15, 0.2) is 23.8 Å². The molecule has 1 spiro atoms. The number of aliphatic hydroxyl groups is 2. The number of carbonyl (C=O) groups excluding carboxylic acids is 2. The van der Waals surface area contributed by atoms with Crippen LogP contribution in [0.4, 0.5) is 0 Å². The second-order valence-electron chi connectivity index (χ2n) is 9.86. The topological polar surface area (TPSA) is 87.1 Å². The number of rotatable bonds is 2. The number of carbonyl (C=O) groups is 2. The van der Waals surface area contributed by atoms with Crippen LogP contribution < -0.4 is 0 Å². The summed E-state index contributed by atoms with van der Waals surface area (Å²) in [5, 5.41) is 21.0. The molecule has 146 valence electrons. The molecule has 4 aliphatic carbocycles. The van der Waals surface area contributed by atoms with E-state index in [2.05, 4.69) is 6.92 Å². The molecule has 0 radical (unpaired) electrons. The van der Waals surface area contributed by atoms with E-state index in [1.54, 1.807) is 12.2 Å². The normalized spacial score (nSPS) is 55.1. The number of epoxide rings is 1. The average molecular weight is 372 g/mol. The summed E-state index contributed by atoms with van der Waals surface area (Å²) in [6, 6.07) is 0. The Morgan fingerprint density at radius 2 is 2.07 bits per heavy atom. The number of aliphatic hydroxyl groups excluding tert-OH is 1. The molecule has 5 nitrogen and oxygen atoms in total. The molecular weight excluding hydrogens is 344 g/mol. The highest BCUT2D eigenvalue weighted by Crippen LogP contribution is 2.76. The molecule has 1 heterocycles. The van der Waals surface area contributed by atoms with Crippen molar-refractivity contribution in [3.8, 4) is 0 Å². The monoisotopic (exact) mass is 372 g/mol. The first kappa shape index (κ1) is 17.8. The Labute approximate surface area is 159 Å². The van der Waals surface area contributed by atoms with E-state index in [0.717, 1.165) is 24.8 Å². The first-order valence-electron chi connectivity index (χ1n) is 10.1. The summed E-state index contributed by atoms with van der Waals surface area (Å²) < 4.78 is 6.43. The van der Waals surface area contributed by atoms with E-state index in [1.807, 2.05) is 19.9 Å². The predicted octanol–water partition coefficient (Wildman–Crippen LogP) is 1.96. The van der Waals surface area contributed by atoms with Gasteiger partial charge >= 0.3 is 0 Å². The molecule has 5 heteroatoms. The number of ether oxygens (including phenoxy) is 1. The Bertz CT molecular complexity index is 814. The van der Waals surface area contributed by atoms with Crippen LogP contribution in [0.3, 0.4) is 0 Å². The summed E-state index contributed by atoms with van der Waals surface area (Å²) in [6.45, 7) is 5.51. The molecule has 4 fully saturated rings. The second-order valence-corrected chi connectivity index (χ2v) is 9.86. The molecule has 27 heavy (non-hydrogen) atoms. The van der Waals surface area contributed by atoms with Gasteiger partial charge in [0.1, 0.15) is 17.8 Å². The smallest absolute Gasteiger partial charge is 0.190 e. The van der Waals surface area contributed by atoms with Crippen LogP contribution in [0.2, 0.25) is 0 Å². The lowest BCUT2D eigenvalue weighted by atomic mass is 9.46. The summed E-state index contributed by atoms with van der Waals surface area (Å²) in [5.74, 6) is -0.193. The van der Waals surface area contributed by atoms with Gasteiger partial charge in [-0.2, -0.15) is 0 Å². The van der Waals surface area contributed by atoms with Gasteiger partial charge in [-0.3, -0.25) is 9.59 Å². The lowest BCUT2D eigenvalue weighted by molar-refractivity contribution is -0.165. The van der Waals surface area contributed by atoms with Crippen molar-refractivity contribution in [1.82, 2.24) is 0 Å². The van der Waals surface area contributed by atoms with Crippen molar-refractivity contribution in [2.75, 3.05) is 6.61 Å². The van der Waals surface area contributed by atoms with E-state index < -0.39 is 23.4 Å². The number of hydrogen-bond donors (Lipinski definition) is 2. The zero-order valence-electron chi connectivity index (χ0n) is 16.2. The minimum atomic E-state index is -1.50. The summed E-state index contributed by atoms with van der Waals surface area (Å²) in [6.07, 6.45) is 8.58. The lowest BCUT2D eigenvalue weighted by Gasteiger charge is -2.55. The van der Waals surface area contributed by atoms with E-state index >= 15 is 0 Å². The van der Waals surface area contributed by atoms with Crippen LogP contribution in [0.25, 0.3) is 0 Å². The Morgan fingerprint density at radius 1 is 1.33 bits per heavy atom. The van der Waals surface area contributed by atoms with Crippen LogP contribution >= 0.6 is 0 Å². The zero-order chi connectivity index (χ0) is 19.4. The average Bonchev–Trinajstić information content (AvgIpc) is 3.31. The molecule has 0 bridgehead atoms. The van der Waals surface area contributed by atoms with Gasteiger partial charge in [-0.25, -0.2) is 0 Å². The molecule has 3 saturated carbocycles. The van der Waals surface area contributed by atoms with Crippen LogP contribution in [-0.2, 0) is 14.3 Å². The number of allylic oxidation sites excluding steroid dienone is 2. The van der Waals surface area contributed by atoms with E-state index in [4.69, 9.17) is 4.74 Å². The third-order valence-corrected chi connectivity index (χ3v) is 9.08. The van der Waals surface area contributed by atoms with Gasteiger partial charge in [0.15, 0.2) is 11.6 Å². The molecule has 8 atom stereocenters. The highest BCUT2D eigenvalue weighted by molar-refractivity contribution is 6.01. The summed E-state index contributed by atoms with van der Waals surface area (Å²) in [5.41, 5.74) is -1.55. The van der Waals surface area contributed by atoms with Crippen LogP contribution in [0, 0.1) is 28.6 Å². The maximum atomic E-state index is 12.6. The molecule has 2 unspecified atom stereocenters. The van der Waals surface area contributed by atoms with Crippen molar-refractivity contribution in [1.29, 1.82) is 0 Å². The standard InChI is InChI=1S/C22H28O5/c1-12-8-16-15-5-4-13-9-14(24)6-7-19(13,2)22(15)18(27-22)10-20(16,3)21(12,26)17(25)11-23/h6-7,9,12,15-16,18,23,26H,4-5,8,10-11H2,1-3H3/t12-,15-,16-,18?,19-,20-,21-,22?/m1/s1. The van der Waals surface area contributed by atoms with E-state index in [-0.39, 0.29) is 40.7 Å². The predicted molar refractivity (Wildman–Crippen MR) is 97.7 cm³/mol. The van der Waals surface area contributed by atoms with Gasteiger partial charge in [0.05, 0.1) is 6.10 Å². The molecule has 5 aliphatic rings. The quantitative estimate of drug-likeness (QED) is 0.724. The Hall–Kier alpha value is -1.30. The zero-order valence-corrected chi connectivity index (χ0v) is 16.2. The van der Waals surface area contributed by atoms with Crippen LogP contribution in [0.5, 0.6) is 0 Å². The van der Waals surface area contributed by atoms with E-state index in [0.29, 0.717) is 6.42 Å². The van der Waals surface area contributed by atoms with Gasteiger partial charge in [-0.15, -0.1) is 0 Å². The summed E-state index contributed by atoms with van der Waals surface area (Å²) in [4.78, 5) is 24.5.